The van der Waals surface area contributed by atoms with Crippen molar-refractivity contribution in [3.05, 3.63) is 45.9 Å². The van der Waals surface area contributed by atoms with Gasteiger partial charge in [-0.05, 0) is 32.4 Å². The molecule has 0 aliphatic rings. The Morgan fingerprint density at radius 3 is 2.75 bits per heavy atom. The monoisotopic (exact) mass is 306 g/mol. The molecule has 2 rings (SSSR count). The number of thiazole rings is 1. The summed E-state index contributed by atoms with van der Waals surface area (Å²) in [6.45, 7) is 7.48. The summed E-state index contributed by atoms with van der Waals surface area (Å²) in [5.41, 5.74) is 1.18. The van der Waals surface area contributed by atoms with Gasteiger partial charge in [0.15, 0.2) is 0 Å². The van der Waals surface area contributed by atoms with Crippen molar-refractivity contribution in [2.45, 2.75) is 50.4 Å². The molecule has 0 radical (unpaired) electrons. The lowest BCUT2D eigenvalue weighted by molar-refractivity contribution is 0.536. The van der Waals surface area contributed by atoms with Crippen molar-refractivity contribution in [2.75, 3.05) is 0 Å². The minimum absolute atomic E-state index is 0.568. The zero-order valence-corrected chi connectivity index (χ0v) is 14.0. The zero-order chi connectivity index (χ0) is 14.4. The molecule has 0 spiro atoms. The average molecular weight is 307 g/mol. The van der Waals surface area contributed by atoms with Crippen LogP contribution in [0.4, 0.5) is 0 Å². The first-order valence-corrected chi connectivity index (χ1v) is 8.85. The van der Waals surface area contributed by atoms with Gasteiger partial charge in [0.25, 0.3) is 0 Å². The summed E-state index contributed by atoms with van der Waals surface area (Å²) < 4.78 is 0. The largest absolute Gasteiger partial charge is 0.309 e. The van der Waals surface area contributed by atoms with E-state index in [0.29, 0.717) is 6.04 Å². The number of aryl methyl sites for hydroxylation is 1. The smallest absolute Gasteiger partial charge is 0.103 e. The van der Waals surface area contributed by atoms with Crippen LogP contribution in [0, 0.1) is 6.92 Å². The lowest BCUT2D eigenvalue weighted by Crippen LogP contribution is -2.24. The van der Waals surface area contributed by atoms with Gasteiger partial charge in [0, 0.05) is 22.4 Å². The number of thioether (sulfide) groups is 1. The topological polar surface area (TPSA) is 24.9 Å². The molecule has 0 amide bonds. The van der Waals surface area contributed by atoms with E-state index in [-0.39, 0.29) is 0 Å². The first kappa shape index (κ1) is 15.5. The Hall–Kier alpha value is -0.840. The Kier molecular flexibility index (Phi) is 6.07. The Morgan fingerprint density at radius 1 is 1.30 bits per heavy atom. The van der Waals surface area contributed by atoms with Gasteiger partial charge in [-0.2, -0.15) is 0 Å². The van der Waals surface area contributed by atoms with E-state index in [1.54, 1.807) is 0 Å². The van der Waals surface area contributed by atoms with E-state index in [4.69, 9.17) is 0 Å². The van der Waals surface area contributed by atoms with Crippen molar-refractivity contribution < 1.29 is 0 Å². The normalized spacial score (nSPS) is 12.6. The molecule has 1 unspecified atom stereocenters. The number of hydrogen-bond acceptors (Lipinski definition) is 4. The molecule has 0 saturated carbocycles. The van der Waals surface area contributed by atoms with E-state index in [9.17, 15) is 0 Å². The van der Waals surface area contributed by atoms with Gasteiger partial charge in [-0.3, -0.25) is 0 Å². The third kappa shape index (κ3) is 4.62. The van der Waals surface area contributed by atoms with E-state index in [1.165, 1.54) is 20.5 Å². The summed E-state index contributed by atoms with van der Waals surface area (Å²) in [5, 5.41) is 4.76. The van der Waals surface area contributed by atoms with Gasteiger partial charge in [0.2, 0.25) is 0 Å². The van der Waals surface area contributed by atoms with Crippen LogP contribution in [0.2, 0.25) is 0 Å². The Bertz CT molecular complexity index is 523. The van der Waals surface area contributed by atoms with Crippen LogP contribution < -0.4 is 5.32 Å². The molecule has 1 heterocycles. The quantitative estimate of drug-likeness (QED) is 0.755. The third-order valence-electron chi connectivity index (χ3n) is 3.27. The van der Waals surface area contributed by atoms with Crippen LogP contribution in [0.5, 0.6) is 0 Å². The summed E-state index contributed by atoms with van der Waals surface area (Å²) in [6.07, 6.45) is 1.16. The van der Waals surface area contributed by atoms with Gasteiger partial charge in [-0.1, -0.05) is 25.1 Å². The Morgan fingerprint density at radius 2 is 2.05 bits per heavy atom. The summed E-state index contributed by atoms with van der Waals surface area (Å²) >= 11 is 3.69. The van der Waals surface area contributed by atoms with Crippen LogP contribution in [-0.4, -0.2) is 11.0 Å². The van der Waals surface area contributed by atoms with Crippen molar-refractivity contribution >= 4 is 23.1 Å². The molecular weight excluding hydrogens is 284 g/mol. The highest BCUT2D eigenvalue weighted by Crippen LogP contribution is 2.26. The van der Waals surface area contributed by atoms with Crippen LogP contribution >= 0.6 is 23.1 Å². The van der Waals surface area contributed by atoms with Crippen molar-refractivity contribution in [3.8, 4) is 0 Å². The Labute approximate surface area is 130 Å². The van der Waals surface area contributed by atoms with Crippen LogP contribution in [0.25, 0.3) is 0 Å². The second-order valence-corrected chi connectivity index (χ2v) is 7.13. The molecule has 1 N–H and O–H groups in total. The highest BCUT2D eigenvalue weighted by atomic mass is 32.2. The van der Waals surface area contributed by atoms with Crippen LogP contribution in [0.15, 0.2) is 35.2 Å². The highest BCUT2D eigenvalue weighted by molar-refractivity contribution is 7.98. The second-order valence-electron chi connectivity index (χ2n) is 4.91. The number of aromatic nitrogens is 1. The van der Waals surface area contributed by atoms with Crippen molar-refractivity contribution in [1.29, 1.82) is 0 Å². The SMILES string of the molecule is CCC(C)NCc1sc(CSc2ccccc2)nc1C. The number of rotatable bonds is 7. The molecule has 0 fully saturated rings. The van der Waals surface area contributed by atoms with Gasteiger partial charge in [-0.15, -0.1) is 23.1 Å². The average Bonchev–Trinajstić information content (AvgIpc) is 2.84. The number of nitrogens with one attached hydrogen (secondary N) is 1. The van der Waals surface area contributed by atoms with Gasteiger partial charge < -0.3 is 5.32 Å². The van der Waals surface area contributed by atoms with Gasteiger partial charge in [0.05, 0.1) is 11.4 Å². The summed E-state index contributed by atoms with van der Waals surface area (Å²) in [6, 6.07) is 11.1. The molecule has 2 aromatic rings. The van der Waals surface area contributed by atoms with Crippen molar-refractivity contribution in [2.24, 2.45) is 0 Å². The van der Waals surface area contributed by atoms with Gasteiger partial charge in [-0.25, -0.2) is 4.98 Å². The number of hydrogen-bond donors (Lipinski definition) is 1. The lowest BCUT2D eigenvalue weighted by Gasteiger charge is -2.09. The first-order valence-electron chi connectivity index (χ1n) is 7.05. The van der Waals surface area contributed by atoms with E-state index in [1.807, 2.05) is 23.1 Å². The highest BCUT2D eigenvalue weighted by Gasteiger charge is 2.09. The van der Waals surface area contributed by atoms with E-state index in [2.05, 4.69) is 61.4 Å². The van der Waals surface area contributed by atoms with Crippen LogP contribution in [0.3, 0.4) is 0 Å². The maximum absolute atomic E-state index is 4.69. The van der Waals surface area contributed by atoms with Crippen molar-refractivity contribution in [3.63, 3.8) is 0 Å². The minimum atomic E-state index is 0.568. The number of benzene rings is 1. The van der Waals surface area contributed by atoms with E-state index in [0.717, 1.165) is 18.7 Å². The molecule has 1 atom stereocenters. The minimum Gasteiger partial charge on any atom is -0.309 e. The van der Waals surface area contributed by atoms with E-state index < -0.39 is 0 Å². The predicted molar refractivity (Wildman–Crippen MR) is 89.4 cm³/mol. The first-order chi connectivity index (χ1) is 9.69. The Balaban J connectivity index is 1.90. The maximum Gasteiger partial charge on any atom is 0.103 e. The molecular formula is C16H22N2S2. The molecule has 1 aromatic carbocycles. The predicted octanol–water partition coefficient (Wildman–Crippen LogP) is 4.63. The summed E-state index contributed by atoms with van der Waals surface area (Å²) in [7, 11) is 0. The number of nitrogens with zero attached hydrogens (tertiary/aromatic N) is 1. The van der Waals surface area contributed by atoms with Crippen molar-refractivity contribution in [1.82, 2.24) is 10.3 Å². The zero-order valence-electron chi connectivity index (χ0n) is 12.3. The standard InChI is InChI=1S/C16H22N2S2/c1-4-12(2)17-10-15-13(3)18-16(20-15)11-19-14-8-6-5-7-9-14/h5-9,12,17H,4,10-11H2,1-3H3. The fraction of sp³-hybridized carbons (Fsp3) is 0.438. The molecule has 1 aromatic heterocycles. The summed E-state index contributed by atoms with van der Waals surface area (Å²) in [4.78, 5) is 7.36. The van der Waals surface area contributed by atoms with Crippen LogP contribution in [0.1, 0.15) is 35.8 Å². The fourth-order valence-electron chi connectivity index (χ4n) is 1.79. The molecule has 108 valence electrons. The molecule has 0 saturated heterocycles. The molecule has 20 heavy (non-hydrogen) atoms. The molecule has 0 bridgehead atoms. The fourth-order valence-corrected chi connectivity index (χ4v) is 3.72. The summed E-state index contributed by atoms with van der Waals surface area (Å²) in [5.74, 6) is 0.957. The van der Waals surface area contributed by atoms with Gasteiger partial charge in [0.1, 0.15) is 5.01 Å². The second kappa shape index (κ2) is 7.81. The molecule has 0 aliphatic heterocycles. The van der Waals surface area contributed by atoms with Crippen LogP contribution in [-0.2, 0) is 12.3 Å². The van der Waals surface area contributed by atoms with E-state index >= 15 is 0 Å². The molecule has 2 nitrogen and oxygen atoms in total. The van der Waals surface area contributed by atoms with Gasteiger partial charge >= 0.3 is 0 Å². The lowest BCUT2D eigenvalue weighted by atomic mass is 10.2. The molecule has 0 aliphatic carbocycles. The third-order valence-corrected chi connectivity index (χ3v) is 5.63. The maximum atomic E-state index is 4.69. The molecule has 4 heteroatoms.